The lowest BCUT2D eigenvalue weighted by atomic mass is 10.0. The highest BCUT2D eigenvalue weighted by Crippen LogP contribution is 2.24. The van der Waals surface area contributed by atoms with Gasteiger partial charge in [0.1, 0.15) is 12.2 Å². The Morgan fingerprint density at radius 1 is 0.818 bits per heavy atom. The molecule has 112 valence electrons. The van der Waals surface area contributed by atoms with Crippen molar-refractivity contribution < 1.29 is 19.8 Å². The minimum atomic E-state index is -1.25. The number of hydrogen-bond acceptors (Lipinski definition) is 4. The van der Waals surface area contributed by atoms with Crippen molar-refractivity contribution in [3.63, 3.8) is 0 Å². The molecular formula is C17H15NO4. The first-order valence-electron chi connectivity index (χ1n) is 6.96. The van der Waals surface area contributed by atoms with Gasteiger partial charge in [-0.25, -0.2) is 0 Å². The molecule has 2 aromatic carbocycles. The zero-order valence-electron chi connectivity index (χ0n) is 11.7. The van der Waals surface area contributed by atoms with E-state index in [2.05, 4.69) is 0 Å². The van der Waals surface area contributed by atoms with Crippen LogP contribution in [0.25, 0.3) is 0 Å². The number of fused-ring (bicyclic) bond motifs is 1. The molecule has 5 heteroatoms. The summed E-state index contributed by atoms with van der Waals surface area (Å²) >= 11 is 0. The van der Waals surface area contributed by atoms with Crippen LogP contribution in [0.3, 0.4) is 0 Å². The Kier molecular flexibility index (Phi) is 3.75. The third-order valence-corrected chi connectivity index (χ3v) is 3.75. The third kappa shape index (κ3) is 2.41. The van der Waals surface area contributed by atoms with Crippen molar-refractivity contribution in [3.8, 4) is 0 Å². The van der Waals surface area contributed by atoms with E-state index in [0.717, 1.165) is 4.90 Å². The standard InChI is InChI=1S/C17H15NO4/c19-14(15(20)11-6-2-1-3-7-11)10-18-16(21)12-8-4-5-9-13(12)17(18)22/h1-9,14-15,19-20H,10H2/t14-,15-/m1/s1. The number of carbonyl (C=O) groups is 2. The van der Waals surface area contributed by atoms with Crippen LogP contribution in [0.1, 0.15) is 32.4 Å². The van der Waals surface area contributed by atoms with Gasteiger partial charge in [-0.2, -0.15) is 0 Å². The third-order valence-electron chi connectivity index (χ3n) is 3.75. The fourth-order valence-electron chi connectivity index (χ4n) is 2.56. The number of nitrogens with zero attached hydrogens (tertiary/aromatic N) is 1. The fourth-order valence-corrected chi connectivity index (χ4v) is 2.56. The van der Waals surface area contributed by atoms with Gasteiger partial charge in [0.2, 0.25) is 0 Å². The van der Waals surface area contributed by atoms with E-state index in [1.165, 1.54) is 0 Å². The van der Waals surface area contributed by atoms with Crippen molar-refractivity contribution in [3.05, 3.63) is 71.3 Å². The minimum Gasteiger partial charge on any atom is -0.388 e. The summed E-state index contributed by atoms with van der Waals surface area (Å²) in [6.07, 6.45) is -2.41. The molecule has 1 aliphatic heterocycles. The second-order valence-corrected chi connectivity index (χ2v) is 5.19. The predicted molar refractivity (Wildman–Crippen MR) is 79.2 cm³/mol. The van der Waals surface area contributed by atoms with E-state index in [4.69, 9.17) is 0 Å². The number of amides is 2. The highest BCUT2D eigenvalue weighted by molar-refractivity contribution is 6.21. The van der Waals surface area contributed by atoms with Crippen molar-refractivity contribution in [2.24, 2.45) is 0 Å². The van der Waals surface area contributed by atoms with Crippen molar-refractivity contribution in [1.82, 2.24) is 4.90 Å². The van der Waals surface area contributed by atoms with Gasteiger partial charge in [-0.15, -0.1) is 0 Å². The van der Waals surface area contributed by atoms with Gasteiger partial charge in [0.25, 0.3) is 11.8 Å². The van der Waals surface area contributed by atoms with Crippen molar-refractivity contribution in [2.75, 3.05) is 6.54 Å². The first-order valence-corrected chi connectivity index (χ1v) is 6.96. The summed E-state index contributed by atoms with van der Waals surface area (Å²) in [5, 5.41) is 20.3. The molecule has 0 radical (unpaired) electrons. The van der Waals surface area contributed by atoms with Crippen LogP contribution >= 0.6 is 0 Å². The molecule has 1 aliphatic rings. The summed E-state index contributed by atoms with van der Waals surface area (Å²) in [6.45, 7) is -0.248. The maximum atomic E-state index is 12.2. The summed E-state index contributed by atoms with van der Waals surface area (Å²) in [6, 6.07) is 15.2. The molecule has 0 saturated heterocycles. The molecule has 0 fully saturated rings. The zero-order valence-corrected chi connectivity index (χ0v) is 11.7. The Labute approximate surface area is 127 Å². The normalized spacial score (nSPS) is 16.5. The molecule has 22 heavy (non-hydrogen) atoms. The number of benzene rings is 2. The van der Waals surface area contributed by atoms with E-state index >= 15 is 0 Å². The summed E-state index contributed by atoms with van der Waals surface area (Å²) in [7, 11) is 0. The molecule has 0 spiro atoms. The van der Waals surface area contributed by atoms with Gasteiger partial charge >= 0.3 is 0 Å². The summed E-state index contributed by atoms with van der Waals surface area (Å²) in [5.74, 6) is -0.889. The monoisotopic (exact) mass is 297 g/mol. The van der Waals surface area contributed by atoms with Crippen LogP contribution in [0.4, 0.5) is 0 Å². The molecule has 2 N–H and O–H groups in total. The summed E-state index contributed by atoms with van der Waals surface area (Å²) < 4.78 is 0. The summed E-state index contributed by atoms with van der Waals surface area (Å²) in [5.41, 5.74) is 1.19. The smallest absolute Gasteiger partial charge is 0.261 e. The first kappa shape index (κ1) is 14.4. The molecule has 1 heterocycles. The van der Waals surface area contributed by atoms with E-state index in [-0.39, 0.29) is 6.54 Å². The van der Waals surface area contributed by atoms with Gasteiger partial charge in [-0.3, -0.25) is 14.5 Å². The molecule has 0 saturated carbocycles. The van der Waals surface area contributed by atoms with E-state index in [1.54, 1.807) is 54.6 Å². The predicted octanol–water partition coefficient (Wildman–Crippen LogP) is 1.38. The lowest BCUT2D eigenvalue weighted by Crippen LogP contribution is -2.39. The number of imide groups is 1. The molecule has 0 aromatic heterocycles. The Balaban J connectivity index is 1.77. The number of β-amino-alcohol motifs (C(OH)–C–C–N with tert-alkyl or cyclic N) is 1. The number of aliphatic hydroxyl groups is 2. The molecular weight excluding hydrogens is 282 g/mol. The Hall–Kier alpha value is -2.50. The maximum Gasteiger partial charge on any atom is 0.261 e. The number of rotatable bonds is 4. The quantitative estimate of drug-likeness (QED) is 0.836. The minimum absolute atomic E-state index is 0.248. The molecule has 0 bridgehead atoms. The van der Waals surface area contributed by atoms with Gasteiger partial charge in [0.05, 0.1) is 17.7 Å². The Morgan fingerprint density at radius 2 is 1.32 bits per heavy atom. The molecule has 0 unspecified atom stereocenters. The van der Waals surface area contributed by atoms with Crippen LogP contribution < -0.4 is 0 Å². The van der Waals surface area contributed by atoms with Crippen molar-refractivity contribution in [1.29, 1.82) is 0 Å². The molecule has 2 aromatic rings. The second-order valence-electron chi connectivity index (χ2n) is 5.19. The average molecular weight is 297 g/mol. The SMILES string of the molecule is O=C1c2ccccc2C(=O)N1C[C@@H](O)[C@H](O)c1ccccc1. The molecule has 0 aliphatic carbocycles. The van der Waals surface area contributed by atoms with E-state index < -0.39 is 24.0 Å². The first-order chi connectivity index (χ1) is 10.6. The van der Waals surface area contributed by atoms with Gasteiger partial charge < -0.3 is 10.2 Å². The lowest BCUT2D eigenvalue weighted by Gasteiger charge is -2.22. The van der Waals surface area contributed by atoms with E-state index in [9.17, 15) is 19.8 Å². The molecule has 2 amide bonds. The lowest BCUT2D eigenvalue weighted by molar-refractivity contribution is 0.000931. The van der Waals surface area contributed by atoms with Gasteiger partial charge in [0, 0.05) is 0 Å². The van der Waals surface area contributed by atoms with E-state index in [1.807, 2.05) is 0 Å². The highest BCUT2D eigenvalue weighted by atomic mass is 16.3. The fraction of sp³-hybridized carbons (Fsp3) is 0.176. The molecule has 3 rings (SSSR count). The van der Waals surface area contributed by atoms with Gasteiger partial charge in [-0.05, 0) is 17.7 Å². The van der Waals surface area contributed by atoms with E-state index in [0.29, 0.717) is 16.7 Å². The van der Waals surface area contributed by atoms with Gasteiger partial charge in [-0.1, -0.05) is 42.5 Å². The van der Waals surface area contributed by atoms with Crippen LogP contribution in [0, 0.1) is 0 Å². The largest absolute Gasteiger partial charge is 0.388 e. The number of carbonyl (C=O) groups excluding carboxylic acids is 2. The van der Waals surface area contributed by atoms with Crippen molar-refractivity contribution in [2.45, 2.75) is 12.2 Å². The van der Waals surface area contributed by atoms with Crippen LogP contribution in [0.2, 0.25) is 0 Å². The summed E-state index contributed by atoms with van der Waals surface area (Å²) in [4.78, 5) is 25.4. The van der Waals surface area contributed by atoms with Crippen molar-refractivity contribution >= 4 is 11.8 Å². The van der Waals surface area contributed by atoms with Crippen LogP contribution in [-0.2, 0) is 0 Å². The Morgan fingerprint density at radius 3 is 1.86 bits per heavy atom. The second kappa shape index (κ2) is 5.71. The maximum absolute atomic E-state index is 12.2. The van der Waals surface area contributed by atoms with Gasteiger partial charge in [0.15, 0.2) is 0 Å². The zero-order chi connectivity index (χ0) is 15.7. The Bertz CT molecular complexity index is 679. The highest BCUT2D eigenvalue weighted by Gasteiger charge is 2.37. The molecule has 5 nitrogen and oxygen atoms in total. The molecule has 2 atom stereocenters. The van der Waals surface area contributed by atoms with Crippen LogP contribution in [-0.4, -0.2) is 39.6 Å². The topological polar surface area (TPSA) is 77.8 Å². The van der Waals surface area contributed by atoms with Crippen LogP contribution in [0.5, 0.6) is 0 Å². The average Bonchev–Trinajstić information content (AvgIpc) is 2.80. The number of aliphatic hydroxyl groups excluding tert-OH is 2. The van der Waals surface area contributed by atoms with Crippen LogP contribution in [0.15, 0.2) is 54.6 Å². The number of hydrogen-bond donors (Lipinski definition) is 2.